The minimum Gasteiger partial charge on any atom is -0.361 e. The van der Waals surface area contributed by atoms with E-state index in [1.165, 1.54) is 6.07 Å². The number of nitrogens with one attached hydrogen (secondary N) is 3. The highest BCUT2D eigenvalue weighted by molar-refractivity contribution is 5.98. The Hall–Kier alpha value is -3.09. The molecule has 0 atom stereocenters. The van der Waals surface area contributed by atoms with Gasteiger partial charge in [-0.3, -0.25) is 14.6 Å². The number of hydrogen-bond acceptors (Lipinski definition) is 4. The molecule has 4 rings (SSSR count). The maximum absolute atomic E-state index is 12.5. The Labute approximate surface area is 150 Å². The minimum atomic E-state index is -0.136. The van der Waals surface area contributed by atoms with Gasteiger partial charge in [-0.15, -0.1) is 0 Å². The molecule has 1 saturated heterocycles. The Balaban J connectivity index is 1.38. The first-order chi connectivity index (χ1) is 12.6. The van der Waals surface area contributed by atoms with Crippen molar-refractivity contribution >= 4 is 22.8 Å². The zero-order valence-electron chi connectivity index (χ0n) is 14.6. The summed E-state index contributed by atoms with van der Waals surface area (Å²) in [7, 11) is 0. The molecule has 0 radical (unpaired) electrons. The highest BCUT2D eigenvalue weighted by atomic mass is 16.1. The van der Waals surface area contributed by atoms with Gasteiger partial charge >= 0.3 is 0 Å². The Kier molecular flexibility index (Phi) is 4.20. The van der Waals surface area contributed by atoms with Crippen LogP contribution in [-0.4, -0.2) is 40.0 Å². The summed E-state index contributed by atoms with van der Waals surface area (Å²) < 4.78 is 0. The quantitative estimate of drug-likeness (QED) is 0.672. The molecule has 134 valence electrons. The van der Waals surface area contributed by atoms with E-state index in [1.54, 1.807) is 0 Å². The van der Waals surface area contributed by atoms with Gasteiger partial charge in [0.25, 0.3) is 11.5 Å². The van der Waals surface area contributed by atoms with E-state index in [2.05, 4.69) is 25.2 Å². The predicted octanol–water partition coefficient (Wildman–Crippen LogP) is 1.96. The number of aromatic amines is 2. The molecule has 1 aliphatic rings. The number of carbonyl (C=O) groups is 1. The van der Waals surface area contributed by atoms with E-state index >= 15 is 0 Å². The van der Waals surface area contributed by atoms with E-state index in [0.717, 1.165) is 36.8 Å². The monoisotopic (exact) mass is 351 g/mol. The van der Waals surface area contributed by atoms with Crippen LogP contribution in [-0.2, 0) is 0 Å². The number of hydrogen-bond donors (Lipinski definition) is 3. The van der Waals surface area contributed by atoms with Crippen molar-refractivity contribution < 1.29 is 4.79 Å². The first-order valence-corrected chi connectivity index (χ1v) is 8.79. The van der Waals surface area contributed by atoms with E-state index in [9.17, 15) is 9.59 Å². The number of fused-ring (bicyclic) bond motifs is 1. The molecule has 0 unspecified atom stereocenters. The largest absolute Gasteiger partial charge is 0.361 e. The Morgan fingerprint density at radius 3 is 2.81 bits per heavy atom. The van der Waals surface area contributed by atoms with Gasteiger partial charge in [0.05, 0.1) is 0 Å². The third kappa shape index (κ3) is 3.33. The van der Waals surface area contributed by atoms with Crippen LogP contribution in [0.15, 0.2) is 41.3 Å². The van der Waals surface area contributed by atoms with Gasteiger partial charge in [-0.25, -0.2) is 4.98 Å². The van der Waals surface area contributed by atoms with Crippen molar-refractivity contribution in [1.29, 1.82) is 0 Å². The molecule has 0 aliphatic carbocycles. The summed E-state index contributed by atoms with van der Waals surface area (Å²) >= 11 is 0. The van der Waals surface area contributed by atoms with Crippen molar-refractivity contribution in [3.05, 3.63) is 58.1 Å². The predicted molar refractivity (Wildman–Crippen MR) is 101 cm³/mol. The second-order valence-electron chi connectivity index (χ2n) is 6.72. The number of amides is 1. The molecular formula is C19H21N5O2. The van der Waals surface area contributed by atoms with Crippen LogP contribution < -0.4 is 15.8 Å². The molecule has 7 heteroatoms. The zero-order valence-corrected chi connectivity index (χ0v) is 14.6. The van der Waals surface area contributed by atoms with E-state index in [-0.39, 0.29) is 17.5 Å². The summed E-state index contributed by atoms with van der Waals surface area (Å²) in [4.78, 5) is 36.5. The molecule has 0 spiro atoms. The van der Waals surface area contributed by atoms with Crippen molar-refractivity contribution in [2.24, 2.45) is 0 Å². The summed E-state index contributed by atoms with van der Waals surface area (Å²) in [6.45, 7) is 3.30. The standard InChI is InChI=1S/C19H21N5O2/c1-12-10-17(25)23-19(21-12)24-8-5-15(6-9-24)22-18(26)14-2-3-16-13(11-14)4-7-20-16/h2-4,7,10-11,15,20H,5-6,8-9H2,1H3,(H,22,26)(H,21,23,25). The number of piperidine rings is 1. The molecule has 7 nitrogen and oxygen atoms in total. The van der Waals surface area contributed by atoms with Crippen molar-refractivity contribution in [2.75, 3.05) is 18.0 Å². The molecule has 1 aromatic carbocycles. The van der Waals surface area contributed by atoms with Gasteiger partial charge in [0.1, 0.15) is 0 Å². The molecule has 3 N–H and O–H groups in total. The van der Waals surface area contributed by atoms with Gasteiger partial charge in [0.2, 0.25) is 5.95 Å². The number of H-pyrrole nitrogens is 2. The lowest BCUT2D eigenvalue weighted by atomic mass is 10.0. The van der Waals surface area contributed by atoms with Crippen molar-refractivity contribution in [1.82, 2.24) is 20.3 Å². The molecule has 1 amide bonds. The highest BCUT2D eigenvalue weighted by Crippen LogP contribution is 2.17. The third-order valence-corrected chi connectivity index (χ3v) is 4.80. The molecular weight excluding hydrogens is 330 g/mol. The number of aromatic nitrogens is 3. The van der Waals surface area contributed by atoms with Crippen LogP contribution in [0, 0.1) is 6.92 Å². The normalized spacial score (nSPS) is 15.3. The molecule has 1 fully saturated rings. The van der Waals surface area contributed by atoms with E-state index < -0.39 is 0 Å². The number of benzene rings is 1. The Bertz CT molecular complexity index is 998. The number of anilines is 1. The van der Waals surface area contributed by atoms with Gasteiger partial charge in [-0.1, -0.05) is 0 Å². The fraction of sp³-hybridized carbons (Fsp3) is 0.316. The SMILES string of the molecule is Cc1cc(=O)[nH]c(N2CCC(NC(=O)c3ccc4[nH]ccc4c3)CC2)n1. The first-order valence-electron chi connectivity index (χ1n) is 8.79. The second-order valence-corrected chi connectivity index (χ2v) is 6.72. The maximum atomic E-state index is 12.5. The Morgan fingerprint density at radius 2 is 2.04 bits per heavy atom. The molecule has 3 heterocycles. The van der Waals surface area contributed by atoms with Gasteiger partial charge in [-0.05, 0) is 44.0 Å². The number of rotatable bonds is 3. The average Bonchev–Trinajstić information content (AvgIpc) is 3.09. The Morgan fingerprint density at radius 1 is 1.23 bits per heavy atom. The number of nitrogens with zero attached hydrogens (tertiary/aromatic N) is 2. The van der Waals surface area contributed by atoms with E-state index in [0.29, 0.717) is 17.2 Å². The van der Waals surface area contributed by atoms with Crippen molar-refractivity contribution in [2.45, 2.75) is 25.8 Å². The van der Waals surface area contributed by atoms with E-state index in [4.69, 9.17) is 0 Å². The van der Waals surface area contributed by atoms with Gasteiger partial charge in [-0.2, -0.15) is 0 Å². The van der Waals surface area contributed by atoms with Crippen LogP contribution in [0.25, 0.3) is 10.9 Å². The van der Waals surface area contributed by atoms with Gasteiger partial charge < -0.3 is 15.2 Å². The molecule has 0 saturated carbocycles. The number of aryl methyl sites for hydroxylation is 1. The first kappa shape index (κ1) is 16.4. The molecule has 0 bridgehead atoms. The number of carbonyl (C=O) groups excluding carboxylic acids is 1. The summed E-state index contributed by atoms with van der Waals surface area (Å²) in [5, 5.41) is 4.15. The van der Waals surface area contributed by atoms with Crippen LogP contribution in [0.3, 0.4) is 0 Å². The molecule has 1 aliphatic heterocycles. The van der Waals surface area contributed by atoms with Crippen LogP contribution in [0.1, 0.15) is 28.9 Å². The van der Waals surface area contributed by atoms with Gasteiger partial charge in [0, 0.05) is 53.6 Å². The summed E-state index contributed by atoms with van der Waals surface area (Å²) in [6.07, 6.45) is 3.50. The third-order valence-electron chi connectivity index (χ3n) is 4.80. The fourth-order valence-electron chi connectivity index (χ4n) is 3.41. The lowest BCUT2D eigenvalue weighted by Gasteiger charge is -2.32. The highest BCUT2D eigenvalue weighted by Gasteiger charge is 2.22. The molecule has 26 heavy (non-hydrogen) atoms. The molecule has 2 aromatic heterocycles. The van der Waals surface area contributed by atoms with E-state index in [1.807, 2.05) is 37.4 Å². The second kappa shape index (κ2) is 6.67. The average molecular weight is 351 g/mol. The topological polar surface area (TPSA) is 93.9 Å². The van der Waals surface area contributed by atoms with Crippen molar-refractivity contribution in [3.63, 3.8) is 0 Å². The lowest BCUT2D eigenvalue weighted by Crippen LogP contribution is -2.45. The summed E-state index contributed by atoms with van der Waals surface area (Å²) in [5.74, 6) is 0.561. The molecule has 3 aromatic rings. The van der Waals surface area contributed by atoms with Crippen LogP contribution in [0.2, 0.25) is 0 Å². The van der Waals surface area contributed by atoms with Crippen LogP contribution in [0.4, 0.5) is 5.95 Å². The maximum Gasteiger partial charge on any atom is 0.252 e. The van der Waals surface area contributed by atoms with Crippen LogP contribution in [0.5, 0.6) is 0 Å². The van der Waals surface area contributed by atoms with Crippen molar-refractivity contribution in [3.8, 4) is 0 Å². The van der Waals surface area contributed by atoms with Gasteiger partial charge in [0.15, 0.2) is 0 Å². The smallest absolute Gasteiger partial charge is 0.252 e. The summed E-state index contributed by atoms with van der Waals surface area (Å²) in [6, 6.07) is 9.23. The fourth-order valence-corrected chi connectivity index (χ4v) is 3.41. The minimum absolute atomic E-state index is 0.0476. The lowest BCUT2D eigenvalue weighted by molar-refractivity contribution is 0.0931. The summed E-state index contributed by atoms with van der Waals surface area (Å²) in [5.41, 5.74) is 2.26. The zero-order chi connectivity index (χ0) is 18.1. The van der Waals surface area contributed by atoms with Crippen LogP contribution >= 0.6 is 0 Å².